The van der Waals surface area contributed by atoms with Crippen molar-refractivity contribution in [2.75, 3.05) is 26.2 Å². The molecule has 3 aromatic rings. The van der Waals surface area contributed by atoms with Crippen LogP contribution in [-0.2, 0) is 0 Å². The van der Waals surface area contributed by atoms with Crippen LogP contribution in [0, 0.1) is 0 Å². The van der Waals surface area contributed by atoms with Gasteiger partial charge in [0.15, 0.2) is 0 Å². The quantitative estimate of drug-likeness (QED) is 0.475. The van der Waals surface area contributed by atoms with Gasteiger partial charge in [-0.2, -0.15) is 0 Å². The average molecular weight is 460 g/mol. The Kier molecular flexibility index (Phi) is 6.63. The fourth-order valence-corrected chi connectivity index (χ4v) is 5.33. The fourth-order valence-electron chi connectivity index (χ4n) is 5.33. The van der Waals surface area contributed by atoms with Gasteiger partial charge in [0.05, 0.1) is 0 Å². The predicted molar refractivity (Wildman–Crippen MR) is 133 cm³/mol. The van der Waals surface area contributed by atoms with E-state index in [4.69, 9.17) is 9.47 Å². The number of phenolic OH excluding ortho intramolecular Hbond substituents is 2. The van der Waals surface area contributed by atoms with Crippen LogP contribution in [0.4, 0.5) is 0 Å². The molecule has 178 valence electrons. The number of hydrogen-bond donors (Lipinski definition) is 2. The van der Waals surface area contributed by atoms with Gasteiger partial charge >= 0.3 is 0 Å². The highest BCUT2D eigenvalue weighted by Crippen LogP contribution is 2.51. The number of aromatic hydroxyl groups is 2. The number of benzene rings is 3. The third-order valence-corrected chi connectivity index (χ3v) is 7.21. The van der Waals surface area contributed by atoms with Gasteiger partial charge in [0.25, 0.3) is 0 Å². The Morgan fingerprint density at radius 1 is 0.853 bits per heavy atom. The van der Waals surface area contributed by atoms with Crippen LogP contribution < -0.4 is 9.47 Å². The first kappa shape index (κ1) is 22.6. The van der Waals surface area contributed by atoms with E-state index in [2.05, 4.69) is 24.0 Å². The van der Waals surface area contributed by atoms with Crippen LogP contribution in [0.3, 0.4) is 0 Å². The first-order valence-corrected chi connectivity index (χ1v) is 12.3. The van der Waals surface area contributed by atoms with Gasteiger partial charge in [-0.15, -0.1) is 0 Å². The Balaban J connectivity index is 1.36. The van der Waals surface area contributed by atoms with Crippen molar-refractivity contribution in [2.24, 2.45) is 0 Å². The van der Waals surface area contributed by atoms with Crippen molar-refractivity contribution in [3.63, 3.8) is 0 Å². The molecule has 1 fully saturated rings. The summed E-state index contributed by atoms with van der Waals surface area (Å²) in [7, 11) is 0. The zero-order valence-electron chi connectivity index (χ0n) is 19.7. The summed E-state index contributed by atoms with van der Waals surface area (Å²) in [6, 6.07) is 20.9. The van der Waals surface area contributed by atoms with Crippen LogP contribution in [0.2, 0.25) is 0 Å². The van der Waals surface area contributed by atoms with Crippen LogP contribution in [-0.4, -0.2) is 41.4 Å². The summed E-state index contributed by atoms with van der Waals surface area (Å²) in [6.07, 6.45) is 3.73. The maximum atomic E-state index is 10.1. The van der Waals surface area contributed by atoms with Gasteiger partial charge in [0, 0.05) is 18.0 Å². The van der Waals surface area contributed by atoms with Crippen molar-refractivity contribution >= 4 is 0 Å². The number of rotatable bonds is 6. The van der Waals surface area contributed by atoms with Crippen LogP contribution in [0.1, 0.15) is 60.8 Å². The summed E-state index contributed by atoms with van der Waals surface area (Å²) < 4.78 is 12.5. The molecule has 34 heavy (non-hydrogen) atoms. The second-order valence-electron chi connectivity index (χ2n) is 9.49. The molecule has 2 aliphatic heterocycles. The van der Waals surface area contributed by atoms with E-state index in [-0.39, 0.29) is 29.4 Å². The molecule has 2 aliphatic rings. The standard InChI is InChI=1S/C29H33NO4/c1-20-26-19-24(32)11-14-27(26)34-29(28(20)21-5-9-23(31)10-6-21)22-7-12-25(13-8-22)33-18-17-30-15-3-2-4-16-30/h5-14,19-20,28-29,31-32H,2-4,15-18H2,1H3/t20-,28-,29+/m0/s1. The van der Waals surface area contributed by atoms with Gasteiger partial charge in [-0.1, -0.05) is 37.6 Å². The van der Waals surface area contributed by atoms with E-state index in [9.17, 15) is 10.2 Å². The molecule has 5 rings (SSSR count). The normalized spacial score (nSPS) is 22.6. The lowest BCUT2D eigenvalue weighted by molar-refractivity contribution is 0.136. The van der Waals surface area contributed by atoms with E-state index in [0.29, 0.717) is 6.61 Å². The van der Waals surface area contributed by atoms with E-state index in [1.165, 1.54) is 32.4 Å². The molecule has 0 radical (unpaired) electrons. The third kappa shape index (κ3) is 4.85. The van der Waals surface area contributed by atoms with Gasteiger partial charge in [0.1, 0.15) is 35.7 Å². The van der Waals surface area contributed by atoms with Gasteiger partial charge in [-0.25, -0.2) is 0 Å². The maximum Gasteiger partial charge on any atom is 0.131 e. The molecule has 0 bridgehead atoms. The smallest absolute Gasteiger partial charge is 0.131 e. The molecule has 5 nitrogen and oxygen atoms in total. The summed E-state index contributed by atoms with van der Waals surface area (Å²) >= 11 is 0. The minimum absolute atomic E-state index is 0.0285. The number of hydrogen-bond acceptors (Lipinski definition) is 5. The van der Waals surface area contributed by atoms with Crippen molar-refractivity contribution in [3.05, 3.63) is 83.4 Å². The summed E-state index contributed by atoms with van der Waals surface area (Å²) in [5.74, 6) is 2.30. The molecule has 3 atom stereocenters. The molecule has 0 spiro atoms. The van der Waals surface area contributed by atoms with Crippen LogP contribution in [0.15, 0.2) is 66.7 Å². The predicted octanol–water partition coefficient (Wildman–Crippen LogP) is 5.98. The first-order chi connectivity index (χ1) is 16.6. The lowest BCUT2D eigenvalue weighted by Gasteiger charge is -2.39. The highest BCUT2D eigenvalue weighted by Gasteiger charge is 2.38. The van der Waals surface area contributed by atoms with E-state index >= 15 is 0 Å². The van der Waals surface area contributed by atoms with Crippen LogP contribution >= 0.6 is 0 Å². The lowest BCUT2D eigenvalue weighted by atomic mass is 9.75. The largest absolute Gasteiger partial charge is 0.508 e. The summed E-state index contributed by atoms with van der Waals surface area (Å²) in [5, 5.41) is 19.9. The van der Waals surface area contributed by atoms with Gasteiger partial charge in [-0.05, 0) is 85.4 Å². The molecule has 0 amide bonds. The molecule has 0 unspecified atom stereocenters. The number of likely N-dealkylation sites (tertiary alicyclic amines) is 1. The molecule has 2 N–H and O–H groups in total. The molecular weight excluding hydrogens is 426 g/mol. The Hall–Kier alpha value is -3.18. The van der Waals surface area contributed by atoms with Crippen molar-refractivity contribution < 1.29 is 19.7 Å². The maximum absolute atomic E-state index is 10.1. The van der Waals surface area contributed by atoms with Crippen molar-refractivity contribution in [1.29, 1.82) is 0 Å². The van der Waals surface area contributed by atoms with Crippen molar-refractivity contribution in [1.82, 2.24) is 4.90 Å². The van der Waals surface area contributed by atoms with Gasteiger partial charge in [-0.3, -0.25) is 4.90 Å². The zero-order chi connectivity index (χ0) is 23.5. The summed E-state index contributed by atoms with van der Waals surface area (Å²) in [6.45, 7) is 6.19. The molecular formula is C29H33NO4. The summed E-state index contributed by atoms with van der Waals surface area (Å²) in [4.78, 5) is 2.48. The minimum atomic E-state index is -0.195. The number of phenols is 2. The first-order valence-electron chi connectivity index (χ1n) is 12.3. The molecule has 2 heterocycles. The lowest BCUT2D eigenvalue weighted by Crippen LogP contribution is -2.33. The summed E-state index contributed by atoms with van der Waals surface area (Å²) in [5.41, 5.74) is 3.16. The number of piperidine rings is 1. The SMILES string of the molecule is C[C@H]1c2cc(O)ccc2O[C@H](c2ccc(OCCN3CCCCC3)cc2)[C@@H]1c1ccc(O)cc1. The average Bonchev–Trinajstić information content (AvgIpc) is 2.86. The Morgan fingerprint density at radius 2 is 1.53 bits per heavy atom. The number of fused-ring (bicyclic) bond motifs is 1. The van der Waals surface area contributed by atoms with E-state index in [1.54, 1.807) is 24.3 Å². The molecule has 0 aromatic heterocycles. The highest BCUT2D eigenvalue weighted by molar-refractivity contribution is 5.48. The Labute approximate surface area is 201 Å². The van der Waals surface area contributed by atoms with Gasteiger partial charge < -0.3 is 19.7 Å². The van der Waals surface area contributed by atoms with E-state index < -0.39 is 0 Å². The number of nitrogens with zero attached hydrogens (tertiary/aromatic N) is 1. The second-order valence-corrected chi connectivity index (χ2v) is 9.49. The highest BCUT2D eigenvalue weighted by atomic mass is 16.5. The molecule has 1 saturated heterocycles. The fraction of sp³-hybridized carbons (Fsp3) is 0.379. The monoisotopic (exact) mass is 459 g/mol. The molecule has 0 aliphatic carbocycles. The molecule has 0 saturated carbocycles. The van der Waals surface area contributed by atoms with Gasteiger partial charge in [0.2, 0.25) is 0 Å². The van der Waals surface area contributed by atoms with Crippen LogP contribution in [0.25, 0.3) is 0 Å². The molecule has 3 aromatic carbocycles. The Morgan fingerprint density at radius 3 is 2.26 bits per heavy atom. The minimum Gasteiger partial charge on any atom is -0.508 e. The van der Waals surface area contributed by atoms with E-state index in [1.807, 2.05) is 30.3 Å². The van der Waals surface area contributed by atoms with Crippen molar-refractivity contribution in [2.45, 2.75) is 44.1 Å². The Bertz CT molecular complexity index is 1090. The van der Waals surface area contributed by atoms with E-state index in [0.717, 1.165) is 34.7 Å². The van der Waals surface area contributed by atoms with Crippen molar-refractivity contribution in [3.8, 4) is 23.0 Å². The van der Waals surface area contributed by atoms with Crippen LogP contribution in [0.5, 0.6) is 23.0 Å². The molecule has 5 heteroatoms. The number of ether oxygens (including phenoxy) is 2. The third-order valence-electron chi connectivity index (χ3n) is 7.21. The topological polar surface area (TPSA) is 62.2 Å². The second kappa shape index (κ2) is 9.98. The zero-order valence-corrected chi connectivity index (χ0v) is 19.7.